The van der Waals surface area contributed by atoms with Gasteiger partial charge in [-0.25, -0.2) is 0 Å². The number of alkyl halides is 9. The molecule has 1 aromatic carbocycles. The predicted octanol–water partition coefficient (Wildman–Crippen LogP) is 4.23. The standard InChI is InChI=1S/C14H13F9N2/c15-12(16,17)9-5-8(6-10(7-9)13(18,19)20)11(14(21,22)23)25-3-1-24-2-4-25/h5-7,11,24H,1-4H2/t11-/m0/s1. The molecule has 1 aliphatic heterocycles. The molecule has 2 nitrogen and oxygen atoms in total. The summed E-state index contributed by atoms with van der Waals surface area (Å²) < 4.78 is 117. The van der Waals surface area contributed by atoms with Crippen LogP contribution in [0.3, 0.4) is 0 Å². The Morgan fingerprint density at radius 2 is 1.20 bits per heavy atom. The minimum absolute atomic E-state index is 0.134. The molecular formula is C14H13F9N2. The van der Waals surface area contributed by atoms with E-state index < -0.39 is 41.3 Å². The van der Waals surface area contributed by atoms with E-state index in [0.29, 0.717) is 0 Å². The van der Waals surface area contributed by atoms with Crippen molar-refractivity contribution in [1.29, 1.82) is 0 Å². The summed E-state index contributed by atoms with van der Waals surface area (Å²) in [7, 11) is 0. The highest BCUT2D eigenvalue weighted by atomic mass is 19.4. The summed E-state index contributed by atoms with van der Waals surface area (Å²) in [4.78, 5) is 0.826. The Balaban J connectivity index is 2.59. The zero-order valence-electron chi connectivity index (χ0n) is 12.5. The van der Waals surface area contributed by atoms with Gasteiger partial charge in [-0.2, -0.15) is 39.5 Å². The summed E-state index contributed by atoms with van der Waals surface area (Å²) in [6, 6.07) is -2.46. The Kier molecular flexibility index (Phi) is 5.29. The second-order valence-electron chi connectivity index (χ2n) is 5.57. The molecule has 0 saturated carbocycles. The number of nitrogens with one attached hydrogen (secondary N) is 1. The zero-order chi connectivity index (χ0) is 19.0. The van der Waals surface area contributed by atoms with Crippen LogP contribution in [0.2, 0.25) is 0 Å². The van der Waals surface area contributed by atoms with E-state index in [4.69, 9.17) is 0 Å². The quantitative estimate of drug-likeness (QED) is 0.773. The maximum absolute atomic E-state index is 13.4. The van der Waals surface area contributed by atoms with Crippen LogP contribution < -0.4 is 5.32 Å². The van der Waals surface area contributed by atoms with Gasteiger partial charge in [0.2, 0.25) is 0 Å². The van der Waals surface area contributed by atoms with E-state index in [0.717, 1.165) is 4.90 Å². The summed E-state index contributed by atoms with van der Waals surface area (Å²) in [5.74, 6) is 0. The molecular weight excluding hydrogens is 367 g/mol. The van der Waals surface area contributed by atoms with Crippen molar-refractivity contribution in [3.63, 3.8) is 0 Å². The molecule has 0 aliphatic carbocycles. The van der Waals surface area contributed by atoms with Crippen LogP contribution in [0.1, 0.15) is 22.7 Å². The molecule has 0 amide bonds. The lowest BCUT2D eigenvalue weighted by Gasteiger charge is -2.36. The van der Waals surface area contributed by atoms with Crippen LogP contribution in [0.25, 0.3) is 0 Å². The second-order valence-corrected chi connectivity index (χ2v) is 5.57. The maximum atomic E-state index is 13.4. The van der Waals surface area contributed by atoms with E-state index >= 15 is 0 Å². The molecule has 1 atom stereocenters. The number of hydrogen-bond acceptors (Lipinski definition) is 2. The molecule has 2 rings (SSSR count). The summed E-state index contributed by atoms with van der Waals surface area (Å²) in [5.41, 5.74) is -4.60. The van der Waals surface area contributed by atoms with Gasteiger partial charge >= 0.3 is 18.5 Å². The van der Waals surface area contributed by atoms with Crippen LogP contribution in [-0.4, -0.2) is 37.3 Å². The third-order valence-corrected chi connectivity index (χ3v) is 3.75. The summed E-state index contributed by atoms with van der Waals surface area (Å²) in [5, 5.41) is 2.77. The van der Waals surface area contributed by atoms with Crippen LogP contribution in [-0.2, 0) is 12.4 Å². The van der Waals surface area contributed by atoms with Gasteiger partial charge in [-0.3, -0.25) is 4.90 Å². The highest BCUT2D eigenvalue weighted by Gasteiger charge is 2.47. The van der Waals surface area contributed by atoms with Crippen molar-refractivity contribution in [2.24, 2.45) is 0 Å². The minimum atomic E-state index is -5.20. The predicted molar refractivity (Wildman–Crippen MR) is 69.7 cm³/mol. The molecule has 1 saturated heterocycles. The van der Waals surface area contributed by atoms with Crippen LogP contribution in [0, 0.1) is 0 Å². The fourth-order valence-electron chi connectivity index (χ4n) is 2.68. The van der Waals surface area contributed by atoms with Crippen LogP contribution in [0.4, 0.5) is 39.5 Å². The molecule has 0 spiro atoms. The molecule has 0 unspecified atom stereocenters. The monoisotopic (exact) mass is 380 g/mol. The van der Waals surface area contributed by atoms with Gasteiger partial charge in [0.15, 0.2) is 0 Å². The normalized spacial score (nSPS) is 19.1. The van der Waals surface area contributed by atoms with Gasteiger partial charge in [-0.15, -0.1) is 0 Å². The van der Waals surface area contributed by atoms with Gasteiger partial charge in [0.05, 0.1) is 11.1 Å². The van der Waals surface area contributed by atoms with Crippen molar-refractivity contribution in [2.75, 3.05) is 26.2 Å². The lowest BCUT2D eigenvalue weighted by molar-refractivity contribution is -0.188. The van der Waals surface area contributed by atoms with Crippen molar-refractivity contribution in [1.82, 2.24) is 10.2 Å². The highest BCUT2D eigenvalue weighted by Crippen LogP contribution is 2.43. The number of hydrogen-bond donors (Lipinski definition) is 1. The Hall–Kier alpha value is -1.49. The number of benzene rings is 1. The molecule has 1 fully saturated rings. The van der Waals surface area contributed by atoms with E-state index in [1.807, 2.05) is 0 Å². The largest absolute Gasteiger partial charge is 0.416 e. The van der Waals surface area contributed by atoms with Gasteiger partial charge in [0.1, 0.15) is 6.04 Å². The first kappa shape index (κ1) is 19.8. The van der Waals surface area contributed by atoms with Crippen LogP contribution >= 0.6 is 0 Å². The topological polar surface area (TPSA) is 15.3 Å². The van der Waals surface area contributed by atoms with E-state index in [2.05, 4.69) is 5.32 Å². The Labute approximate surface area is 136 Å². The smallest absolute Gasteiger partial charge is 0.314 e. The Morgan fingerprint density at radius 1 is 0.760 bits per heavy atom. The van der Waals surface area contributed by atoms with Gasteiger partial charge < -0.3 is 5.32 Å². The third-order valence-electron chi connectivity index (χ3n) is 3.75. The summed E-state index contributed by atoms with van der Waals surface area (Å²) >= 11 is 0. The first-order chi connectivity index (χ1) is 11.3. The molecule has 0 radical (unpaired) electrons. The molecule has 1 aliphatic rings. The summed E-state index contributed by atoms with van der Waals surface area (Å²) in [6.07, 6.45) is -15.4. The third kappa shape index (κ3) is 4.78. The second kappa shape index (κ2) is 6.67. The number of halogens is 9. The van der Waals surface area contributed by atoms with Crippen LogP contribution in [0.15, 0.2) is 18.2 Å². The van der Waals surface area contributed by atoms with Crippen molar-refractivity contribution < 1.29 is 39.5 Å². The average Bonchev–Trinajstić information content (AvgIpc) is 2.45. The van der Waals surface area contributed by atoms with Crippen LogP contribution in [0.5, 0.6) is 0 Å². The van der Waals surface area contributed by atoms with Gasteiger partial charge in [-0.1, -0.05) is 0 Å². The molecule has 0 aromatic heterocycles. The Bertz CT molecular complexity index is 566. The van der Waals surface area contributed by atoms with Crippen molar-refractivity contribution in [3.8, 4) is 0 Å². The van der Waals surface area contributed by atoms with Gasteiger partial charge in [0.25, 0.3) is 0 Å². The lowest BCUT2D eigenvalue weighted by atomic mass is 9.97. The maximum Gasteiger partial charge on any atom is 0.416 e. The van der Waals surface area contributed by atoms with Crippen molar-refractivity contribution in [3.05, 3.63) is 34.9 Å². The summed E-state index contributed by atoms with van der Waals surface area (Å²) in [6.45, 7) is -0.00111. The molecule has 25 heavy (non-hydrogen) atoms. The van der Waals surface area contributed by atoms with E-state index in [1.54, 1.807) is 0 Å². The zero-order valence-corrected chi connectivity index (χ0v) is 12.5. The molecule has 1 heterocycles. The fourth-order valence-corrected chi connectivity index (χ4v) is 2.68. The molecule has 0 bridgehead atoms. The van der Waals surface area contributed by atoms with E-state index in [1.165, 1.54) is 0 Å². The molecule has 11 heteroatoms. The van der Waals surface area contributed by atoms with Gasteiger partial charge in [0, 0.05) is 26.2 Å². The van der Waals surface area contributed by atoms with Crippen molar-refractivity contribution in [2.45, 2.75) is 24.6 Å². The van der Waals surface area contributed by atoms with Gasteiger partial charge in [-0.05, 0) is 23.8 Å². The Morgan fingerprint density at radius 3 is 1.56 bits per heavy atom. The fraction of sp³-hybridized carbons (Fsp3) is 0.571. The molecule has 1 N–H and O–H groups in total. The average molecular weight is 380 g/mol. The highest BCUT2D eigenvalue weighted by molar-refractivity contribution is 5.36. The number of rotatable bonds is 2. The molecule has 1 aromatic rings. The first-order valence-electron chi connectivity index (χ1n) is 7.11. The van der Waals surface area contributed by atoms with E-state index in [9.17, 15) is 39.5 Å². The number of nitrogens with zero attached hydrogens (tertiary/aromatic N) is 1. The van der Waals surface area contributed by atoms with E-state index in [-0.39, 0.29) is 44.4 Å². The minimum Gasteiger partial charge on any atom is -0.314 e. The lowest BCUT2D eigenvalue weighted by Crippen LogP contribution is -2.49. The number of piperazine rings is 1. The SMILES string of the molecule is FC(F)(F)c1cc([C@H](N2CCNCC2)C(F)(F)F)cc(C(F)(F)F)c1. The van der Waals surface area contributed by atoms with Crippen molar-refractivity contribution >= 4 is 0 Å². The molecule has 142 valence electrons. The first-order valence-corrected chi connectivity index (χ1v) is 7.11.